The summed E-state index contributed by atoms with van der Waals surface area (Å²) >= 11 is 0. The molecule has 1 aromatic carbocycles. The molecule has 0 fully saturated rings. The molecule has 0 unspecified atom stereocenters. The molecule has 0 aliphatic heterocycles. The SMILES string of the molecule is CN=C(NCCNS(=O)(=O)c1cccnc1)N(C)Cc1cc2ccccc2o1.I. The summed E-state index contributed by atoms with van der Waals surface area (Å²) < 4.78 is 32.7. The lowest BCUT2D eigenvalue weighted by Gasteiger charge is -2.21. The molecule has 2 aromatic heterocycles. The van der Waals surface area contributed by atoms with Gasteiger partial charge in [-0.15, -0.1) is 24.0 Å². The van der Waals surface area contributed by atoms with Gasteiger partial charge in [0.1, 0.15) is 16.2 Å². The van der Waals surface area contributed by atoms with E-state index in [4.69, 9.17) is 4.42 Å². The number of halogens is 1. The molecule has 10 heteroatoms. The maximum absolute atomic E-state index is 12.2. The van der Waals surface area contributed by atoms with Gasteiger partial charge >= 0.3 is 0 Å². The Morgan fingerprint density at radius 3 is 2.69 bits per heavy atom. The van der Waals surface area contributed by atoms with Gasteiger partial charge in [-0.05, 0) is 24.3 Å². The Hall–Kier alpha value is -2.18. The molecule has 3 aromatic rings. The van der Waals surface area contributed by atoms with Crippen LogP contribution in [0.5, 0.6) is 0 Å². The maximum Gasteiger partial charge on any atom is 0.242 e. The molecule has 0 saturated carbocycles. The van der Waals surface area contributed by atoms with Gasteiger partial charge in [0.05, 0.1) is 6.54 Å². The Balaban J connectivity index is 0.00000300. The summed E-state index contributed by atoms with van der Waals surface area (Å²) in [6.07, 6.45) is 2.85. The first-order chi connectivity index (χ1) is 13.5. The Morgan fingerprint density at radius 1 is 1.21 bits per heavy atom. The van der Waals surface area contributed by atoms with Crippen molar-refractivity contribution in [2.75, 3.05) is 27.2 Å². The number of hydrogen-bond acceptors (Lipinski definition) is 5. The van der Waals surface area contributed by atoms with E-state index in [0.717, 1.165) is 16.7 Å². The summed E-state index contributed by atoms with van der Waals surface area (Å²) in [5, 5.41) is 4.19. The van der Waals surface area contributed by atoms with Gasteiger partial charge in [0.15, 0.2) is 5.96 Å². The van der Waals surface area contributed by atoms with Crippen molar-refractivity contribution in [3.63, 3.8) is 0 Å². The molecular weight excluding hydrogens is 505 g/mol. The lowest BCUT2D eigenvalue weighted by atomic mass is 10.2. The topological polar surface area (TPSA) is 99.8 Å². The van der Waals surface area contributed by atoms with Gasteiger partial charge in [0.2, 0.25) is 10.0 Å². The van der Waals surface area contributed by atoms with Crippen molar-refractivity contribution in [3.05, 3.63) is 60.6 Å². The monoisotopic (exact) mass is 529 g/mol. The fourth-order valence-corrected chi connectivity index (χ4v) is 3.75. The van der Waals surface area contributed by atoms with Crippen LogP contribution in [0.3, 0.4) is 0 Å². The van der Waals surface area contributed by atoms with Gasteiger partial charge in [0, 0.05) is 45.0 Å². The third-order valence-electron chi connectivity index (χ3n) is 4.09. The van der Waals surface area contributed by atoms with Crippen molar-refractivity contribution >= 4 is 50.9 Å². The average Bonchev–Trinajstić information content (AvgIpc) is 3.10. The second kappa shape index (κ2) is 10.6. The van der Waals surface area contributed by atoms with E-state index < -0.39 is 10.0 Å². The quantitative estimate of drug-likeness (QED) is 0.211. The van der Waals surface area contributed by atoms with Gasteiger partial charge < -0.3 is 14.6 Å². The fraction of sp³-hybridized carbons (Fsp3) is 0.263. The highest BCUT2D eigenvalue weighted by Crippen LogP contribution is 2.19. The summed E-state index contributed by atoms with van der Waals surface area (Å²) in [7, 11) is -0.000491. The number of fused-ring (bicyclic) bond motifs is 1. The highest BCUT2D eigenvalue weighted by molar-refractivity contribution is 14.0. The lowest BCUT2D eigenvalue weighted by molar-refractivity contribution is 0.413. The second-order valence-corrected chi connectivity index (χ2v) is 7.93. The first-order valence-electron chi connectivity index (χ1n) is 8.78. The fourth-order valence-electron chi connectivity index (χ4n) is 2.76. The van der Waals surface area contributed by atoms with Crippen molar-refractivity contribution in [2.45, 2.75) is 11.4 Å². The van der Waals surface area contributed by atoms with E-state index in [1.54, 1.807) is 13.1 Å². The highest BCUT2D eigenvalue weighted by atomic mass is 127. The number of benzene rings is 1. The summed E-state index contributed by atoms with van der Waals surface area (Å²) in [5.41, 5.74) is 0.846. The molecule has 0 saturated heterocycles. The Kier molecular flexibility index (Phi) is 8.41. The summed E-state index contributed by atoms with van der Waals surface area (Å²) in [6, 6.07) is 12.9. The smallest absolute Gasteiger partial charge is 0.242 e. The number of sulfonamides is 1. The highest BCUT2D eigenvalue weighted by Gasteiger charge is 2.14. The van der Waals surface area contributed by atoms with Crippen LogP contribution in [-0.2, 0) is 16.6 Å². The van der Waals surface area contributed by atoms with Crippen LogP contribution in [0.15, 0.2) is 69.2 Å². The summed E-state index contributed by atoms with van der Waals surface area (Å²) in [4.78, 5) is 10.1. The van der Waals surface area contributed by atoms with Crippen LogP contribution in [0, 0.1) is 0 Å². The number of guanidine groups is 1. The molecule has 3 rings (SSSR count). The Bertz CT molecular complexity index is 1020. The van der Waals surface area contributed by atoms with Gasteiger partial charge in [0.25, 0.3) is 0 Å². The van der Waals surface area contributed by atoms with Gasteiger partial charge in [-0.3, -0.25) is 9.98 Å². The number of para-hydroxylation sites is 1. The normalized spacial score (nSPS) is 11.9. The first kappa shape index (κ1) is 23.1. The van der Waals surface area contributed by atoms with Crippen LogP contribution in [0.2, 0.25) is 0 Å². The van der Waals surface area contributed by atoms with E-state index in [2.05, 4.69) is 20.0 Å². The van der Waals surface area contributed by atoms with E-state index in [9.17, 15) is 8.42 Å². The lowest BCUT2D eigenvalue weighted by Crippen LogP contribution is -2.42. The number of hydrogen-bond donors (Lipinski definition) is 2. The molecule has 0 atom stereocenters. The molecule has 0 aliphatic rings. The third-order valence-corrected chi connectivity index (χ3v) is 5.53. The molecular formula is C19H24IN5O3S. The van der Waals surface area contributed by atoms with E-state index >= 15 is 0 Å². The van der Waals surface area contributed by atoms with E-state index in [0.29, 0.717) is 19.0 Å². The molecule has 0 bridgehead atoms. The minimum absolute atomic E-state index is 0. The zero-order chi connectivity index (χ0) is 20.0. The van der Waals surface area contributed by atoms with Crippen molar-refractivity contribution in [1.82, 2.24) is 19.9 Å². The van der Waals surface area contributed by atoms with Crippen LogP contribution in [0.4, 0.5) is 0 Å². The summed E-state index contributed by atoms with van der Waals surface area (Å²) in [6.45, 7) is 1.14. The van der Waals surface area contributed by atoms with Crippen LogP contribution >= 0.6 is 24.0 Å². The van der Waals surface area contributed by atoms with Gasteiger partial charge in [-0.25, -0.2) is 13.1 Å². The number of aromatic nitrogens is 1. The van der Waals surface area contributed by atoms with Gasteiger partial charge in [-0.2, -0.15) is 0 Å². The number of rotatable bonds is 7. The van der Waals surface area contributed by atoms with Crippen LogP contribution in [0.25, 0.3) is 11.0 Å². The minimum atomic E-state index is -3.57. The Morgan fingerprint density at radius 2 is 2.00 bits per heavy atom. The number of pyridine rings is 1. The summed E-state index contributed by atoms with van der Waals surface area (Å²) in [5.74, 6) is 1.46. The minimum Gasteiger partial charge on any atom is -0.459 e. The first-order valence-corrected chi connectivity index (χ1v) is 10.3. The predicted molar refractivity (Wildman–Crippen MR) is 124 cm³/mol. The zero-order valence-corrected chi connectivity index (χ0v) is 19.3. The average molecular weight is 529 g/mol. The molecule has 2 heterocycles. The number of furan rings is 1. The van der Waals surface area contributed by atoms with E-state index in [1.165, 1.54) is 18.5 Å². The molecule has 8 nitrogen and oxygen atoms in total. The molecule has 156 valence electrons. The number of nitrogens with zero attached hydrogens (tertiary/aromatic N) is 3. The molecule has 0 aliphatic carbocycles. The van der Waals surface area contributed by atoms with Crippen LogP contribution in [0.1, 0.15) is 5.76 Å². The van der Waals surface area contributed by atoms with Crippen LogP contribution < -0.4 is 10.0 Å². The predicted octanol–water partition coefficient (Wildman–Crippen LogP) is 2.43. The van der Waals surface area contributed by atoms with Crippen LogP contribution in [-0.4, -0.2) is 51.4 Å². The van der Waals surface area contributed by atoms with Crippen molar-refractivity contribution < 1.29 is 12.8 Å². The number of nitrogens with one attached hydrogen (secondary N) is 2. The molecule has 2 N–H and O–H groups in total. The standard InChI is InChI=1S/C19H23N5O3S.HI/c1-20-19(22-10-11-23-28(25,26)17-7-5-9-21-13-17)24(2)14-16-12-15-6-3-4-8-18(15)27-16;/h3-9,12-13,23H,10-11,14H2,1-2H3,(H,20,22);1H. The van der Waals surface area contributed by atoms with Crippen molar-refractivity contribution in [3.8, 4) is 0 Å². The van der Waals surface area contributed by atoms with E-state index in [1.807, 2.05) is 42.3 Å². The molecule has 29 heavy (non-hydrogen) atoms. The maximum atomic E-state index is 12.2. The van der Waals surface area contributed by atoms with Crippen molar-refractivity contribution in [2.24, 2.45) is 4.99 Å². The number of aliphatic imine (C=N–C) groups is 1. The third kappa shape index (κ3) is 6.15. The second-order valence-electron chi connectivity index (χ2n) is 6.17. The molecule has 0 spiro atoms. The van der Waals surface area contributed by atoms with Crippen molar-refractivity contribution in [1.29, 1.82) is 0 Å². The zero-order valence-electron chi connectivity index (χ0n) is 16.2. The Labute approximate surface area is 187 Å². The van der Waals surface area contributed by atoms with E-state index in [-0.39, 0.29) is 35.4 Å². The van der Waals surface area contributed by atoms with Gasteiger partial charge in [-0.1, -0.05) is 18.2 Å². The molecule has 0 radical (unpaired) electrons. The molecule has 0 amide bonds. The largest absolute Gasteiger partial charge is 0.459 e.